The Bertz CT molecular complexity index is 713. The number of ether oxygens (including phenoxy) is 1. The Morgan fingerprint density at radius 1 is 1.33 bits per heavy atom. The largest absolute Gasteiger partial charge is 0.378 e. The molecule has 1 saturated heterocycles. The lowest BCUT2D eigenvalue weighted by Crippen LogP contribution is -2.37. The molecule has 1 unspecified atom stereocenters. The van der Waals surface area contributed by atoms with Gasteiger partial charge >= 0.3 is 0 Å². The zero-order chi connectivity index (χ0) is 17.5. The van der Waals surface area contributed by atoms with Crippen LogP contribution in [0.3, 0.4) is 0 Å². The second kappa shape index (κ2) is 6.58. The first-order chi connectivity index (χ1) is 11.3. The summed E-state index contributed by atoms with van der Waals surface area (Å²) >= 11 is 1.74. The summed E-state index contributed by atoms with van der Waals surface area (Å²) in [4.78, 5) is 7.17. The van der Waals surface area contributed by atoms with Gasteiger partial charge in [-0.1, -0.05) is 20.8 Å². The number of aryl methyl sites for hydroxylation is 1. The first-order valence-corrected chi connectivity index (χ1v) is 9.42. The van der Waals surface area contributed by atoms with E-state index in [0.717, 1.165) is 37.7 Å². The van der Waals surface area contributed by atoms with E-state index in [1.165, 1.54) is 16.3 Å². The van der Waals surface area contributed by atoms with Crippen LogP contribution in [0.2, 0.25) is 0 Å². The summed E-state index contributed by atoms with van der Waals surface area (Å²) < 4.78 is 7.79. The maximum Gasteiger partial charge on any atom is 0.0982 e. The SMILES string of the molecule is Cc1nn(Cc2csc(C(C)(C)C)n2)c(C)c1C1COCCN1C. The molecule has 0 aromatic carbocycles. The van der Waals surface area contributed by atoms with Crippen molar-refractivity contribution in [3.05, 3.63) is 33.0 Å². The number of aromatic nitrogens is 3. The van der Waals surface area contributed by atoms with Gasteiger partial charge in [0.15, 0.2) is 0 Å². The third-order valence-electron chi connectivity index (χ3n) is 4.67. The minimum Gasteiger partial charge on any atom is -0.378 e. The average Bonchev–Trinajstić information content (AvgIpc) is 3.06. The van der Waals surface area contributed by atoms with Crippen molar-refractivity contribution in [1.82, 2.24) is 19.7 Å². The molecule has 3 heterocycles. The Kier molecular flexibility index (Phi) is 4.82. The highest BCUT2D eigenvalue weighted by molar-refractivity contribution is 7.09. The van der Waals surface area contributed by atoms with Crippen LogP contribution >= 0.6 is 11.3 Å². The fourth-order valence-electron chi connectivity index (χ4n) is 3.21. The number of thiazole rings is 1. The van der Waals surface area contributed by atoms with E-state index in [4.69, 9.17) is 14.8 Å². The molecule has 132 valence electrons. The fraction of sp³-hybridized carbons (Fsp3) is 0.667. The van der Waals surface area contributed by atoms with Crippen LogP contribution < -0.4 is 0 Å². The smallest absolute Gasteiger partial charge is 0.0982 e. The van der Waals surface area contributed by atoms with Crippen LogP contribution in [0.1, 0.15) is 54.5 Å². The van der Waals surface area contributed by atoms with E-state index in [1.54, 1.807) is 11.3 Å². The van der Waals surface area contributed by atoms with Crippen molar-refractivity contribution < 1.29 is 4.74 Å². The van der Waals surface area contributed by atoms with Crippen LogP contribution in [-0.4, -0.2) is 46.5 Å². The lowest BCUT2D eigenvalue weighted by Gasteiger charge is -2.32. The fourth-order valence-corrected chi connectivity index (χ4v) is 4.11. The van der Waals surface area contributed by atoms with Crippen LogP contribution in [0.15, 0.2) is 5.38 Å². The molecule has 2 aromatic heterocycles. The van der Waals surface area contributed by atoms with E-state index in [9.17, 15) is 0 Å². The molecular formula is C18H28N4OS. The number of hydrogen-bond acceptors (Lipinski definition) is 5. The van der Waals surface area contributed by atoms with Gasteiger partial charge in [-0.05, 0) is 20.9 Å². The van der Waals surface area contributed by atoms with E-state index in [1.807, 2.05) is 0 Å². The minimum atomic E-state index is 0.102. The maximum absolute atomic E-state index is 5.70. The normalized spacial score (nSPS) is 19.8. The van der Waals surface area contributed by atoms with Crippen LogP contribution in [0.5, 0.6) is 0 Å². The number of nitrogens with zero attached hydrogens (tertiary/aromatic N) is 4. The molecular weight excluding hydrogens is 320 g/mol. The van der Waals surface area contributed by atoms with Gasteiger partial charge in [0.1, 0.15) is 0 Å². The van der Waals surface area contributed by atoms with Crippen LogP contribution in [0, 0.1) is 13.8 Å². The molecule has 24 heavy (non-hydrogen) atoms. The highest BCUT2D eigenvalue weighted by Crippen LogP contribution is 2.29. The third-order valence-corrected chi connectivity index (χ3v) is 5.99. The molecule has 6 heteroatoms. The maximum atomic E-state index is 5.70. The van der Waals surface area contributed by atoms with Gasteiger partial charge in [-0.25, -0.2) is 4.98 Å². The first kappa shape index (κ1) is 17.6. The van der Waals surface area contributed by atoms with Crippen molar-refractivity contribution in [2.75, 3.05) is 26.8 Å². The number of rotatable bonds is 3. The Morgan fingerprint density at radius 2 is 2.08 bits per heavy atom. The molecule has 1 atom stereocenters. The summed E-state index contributed by atoms with van der Waals surface area (Å²) in [5, 5.41) is 8.13. The lowest BCUT2D eigenvalue weighted by atomic mass is 9.98. The Labute approximate surface area is 148 Å². The summed E-state index contributed by atoms with van der Waals surface area (Å²) in [7, 11) is 2.17. The second-order valence-corrected chi connectivity index (χ2v) is 8.57. The van der Waals surface area contributed by atoms with Crippen molar-refractivity contribution >= 4 is 11.3 Å². The molecule has 5 nitrogen and oxygen atoms in total. The lowest BCUT2D eigenvalue weighted by molar-refractivity contribution is 0.00457. The molecule has 3 rings (SSSR count). The van der Waals surface area contributed by atoms with Gasteiger partial charge in [0.05, 0.1) is 42.2 Å². The minimum absolute atomic E-state index is 0.102. The van der Waals surface area contributed by atoms with Gasteiger partial charge in [-0.2, -0.15) is 5.10 Å². The number of morpholine rings is 1. The summed E-state index contributed by atoms with van der Waals surface area (Å²) in [6.07, 6.45) is 0. The van der Waals surface area contributed by atoms with E-state index in [-0.39, 0.29) is 5.41 Å². The zero-order valence-electron chi connectivity index (χ0n) is 15.6. The molecule has 0 N–H and O–H groups in total. The summed E-state index contributed by atoms with van der Waals surface area (Å²) in [6, 6.07) is 0.299. The molecule has 0 bridgehead atoms. The van der Waals surface area contributed by atoms with Crippen molar-refractivity contribution in [2.24, 2.45) is 0 Å². The molecule has 0 amide bonds. The van der Waals surface area contributed by atoms with Crippen molar-refractivity contribution in [1.29, 1.82) is 0 Å². The van der Waals surface area contributed by atoms with Gasteiger partial charge in [0, 0.05) is 28.6 Å². The van der Waals surface area contributed by atoms with Crippen LogP contribution in [-0.2, 0) is 16.7 Å². The number of hydrogen-bond donors (Lipinski definition) is 0. The molecule has 0 saturated carbocycles. The first-order valence-electron chi connectivity index (χ1n) is 8.54. The summed E-state index contributed by atoms with van der Waals surface area (Å²) in [5.41, 5.74) is 4.82. The number of likely N-dealkylation sites (N-methyl/N-ethyl adjacent to an activating group) is 1. The zero-order valence-corrected chi connectivity index (χ0v) is 16.4. The van der Waals surface area contributed by atoms with Gasteiger partial charge in [0.2, 0.25) is 0 Å². The van der Waals surface area contributed by atoms with Gasteiger partial charge in [0.25, 0.3) is 0 Å². The van der Waals surface area contributed by atoms with Crippen molar-refractivity contribution in [3.63, 3.8) is 0 Å². The summed E-state index contributed by atoms with van der Waals surface area (Å²) in [6.45, 7) is 14.1. The Balaban J connectivity index is 1.85. The predicted molar refractivity (Wildman–Crippen MR) is 97.8 cm³/mol. The van der Waals surface area contributed by atoms with Gasteiger partial charge in [-0.15, -0.1) is 11.3 Å². The van der Waals surface area contributed by atoms with E-state index in [0.29, 0.717) is 6.04 Å². The third kappa shape index (κ3) is 3.41. The molecule has 0 aliphatic carbocycles. The molecule has 0 radical (unpaired) electrons. The topological polar surface area (TPSA) is 43.2 Å². The van der Waals surface area contributed by atoms with E-state index >= 15 is 0 Å². The highest BCUT2D eigenvalue weighted by atomic mass is 32.1. The molecule has 1 aliphatic heterocycles. The molecule has 1 aliphatic rings. The second-order valence-electron chi connectivity index (χ2n) is 7.71. The Morgan fingerprint density at radius 3 is 2.71 bits per heavy atom. The standard InChI is InChI=1S/C18H28N4OS/c1-12-16(15-10-23-8-7-21(15)6)13(2)22(20-12)9-14-11-24-17(19-14)18(3,4)5/h11,15H,7-10H2,1-6H3. The monoisotopic (exact) mass is 348 g/mol. The predicted octanol–water partition coefficient (Wildman–Crippen LogP) is 3.31. The van der Waals surface area contributed by atoms with E-state index in [2.05, 4.69) is 56.6 Å². The van der Waals surface area contributed by atoms with Crippen LogP contribution in [0.4, 0.5) is 0 Å². The van der Waals surface area contributed by atoms with Crippen molar-refractivity contribution in [2.45, 2.75) is 52.6 Å². The highest BCUT2D eigenvalue weighted by Gasteiger charge is 2.27. The van der Waals surface area contributed by atoms with Gasteiger partial charge in [-0.3, -0.25) is 9.58 Å². The quantitative estimate of drug-likeness (QED) is 0.853. The summed E-state index contributed by atoms with van der Waals surface area (Å²) in [5.74, 6) is 0. The van der Waals surface area contributed by atoms with Gasteiger partial charge < -0.3 is 4.74 Å². The molecule has 0 spiro atoms. The molecule has 2 aromatic rings. The van der Waals surface area contributed by atoms with Crippen molar-refractivity contribution in [3.8, 4) is 0 Å². The van der Waals surface area contributed by atoms with E-state index < -0.39 is 0 Å². The Hall–Kier alpha value is -1.24. The molecule has 1 fully saturated rings. The average molecular weight is 349 g/mol. The van der Waals surface area contributed by atoms with Crippen LogP contribution in [0.25, 0.3) is 0 Å².